The fourth-order valence-electron chi connectivity index (χ4n) is 2.34. The number of non-ortho nitro benzene ring substituents is 1. The molecular formula is C15H17N3O5. The van der Waals surface area contributed by atoms with Crippen molar-refractivity contribution in [1.29, 1.82) is 0 Å². The minimum atomic E-state index is -1.12. The van der Waals surface area contributed by atoms with Gasteiger partial charge in [0.2, 0.25) is 0 Å². The molecule has 1 atom stereocenters. The molecule has 0 bridgehead atoms. The molecule has 0 saturated carbocycles. The number of amides is 1. The second-order valence-electron chi connectivity index (χ2n) is 5.68. The van der Waals surface area contributed by atoms with Gasteiger partial charge in [0.05, 0.1) is 4.92 Å². The third-order valence-electron chi connectivity index (χ3n) is 3.39. The lowest BCUT2D eigenvalue weighted by atomic mass is 10.0. The van der Waals surface area contributed by atoms with Gasteiger partial charge in [-0.05, 0) is 18.4 Å². The molecule has 1 amide bonds. The summed E-state index contributed by atoms with van der Waals surface area (Å²) < 4.78 is 0. The molecule has 2 aromatic rings. The van der Waals surface area contributed by atoms with E-state index in [4.69, 9.17) is 5.11 Å². The molecule has 0 saturated heterocycles. The molecule has 0 radical (unpaired) electrons. The van der Waals surface area contributed by atoms with E-state index in [2.05, 4.69) is 10.3 Å². The zero-order chi connectivity index (χ0) is 17.1. The average molecular weight is 319 g/mol. The van der Waals surface area contributed by atoms with Gasteiger partial charge < -0.3 is 15.4 Å². The van der Waals surface area contributed by atoms with E-state index in [-0.39, 0.29) is 22.8 Å². The van der Waals surface area contributed by atoms with Gasteiger partial charge >= 0.3 is 5.97 Å². The Bertz CT molecular complexity index is 766. The third kappa shape index (κ3) is 3.65. The fourth-order valence-corrected chi connectivity index (χ4v) is 2.34. The summed E-state index contributed by atoms with van der Waals surface area (Å²) in [7, 11) is 0. The number of benzene rings is 1. The van der Waals surface area contributed by atoms with Gasteiger partial charge in [-0.3, -0.25) is 14.9 Å². The molecule has 1 heterocycles. The topological polar surface area (TPSA) is 125 Å². The molecule has 1 aromatic carbocycles. The Kier molecular flexibility index (Phi) is 4.63. The van der Waals surface area contributed by atoms with E-state index in [9.17, 15) is 19.7 Å². The summed E-state index contributed by atoms with van der Waals surface area (Å²) in [5, 5.41) is 23.1. The van der Waals surface area contributed by atoms with Gasteiger partial charge in [0.15, 0.2) is 0 Å². The van der Waals surface area contributed by atoms with Crippen LogP contribution in [-0.4, -0.2) is 32.9 Å². The quantitative estimate of drug-likeness (QED) is 0.556. The van der Waals surface area contributed by atoms with Gasteiger partial charge in [0.1, 0.15) is 17.3 Å². The highest BCUT2D eigenvalue weighted by Crippen LogP contribution is 2.25. The number of carboxylic acids is 1. The first-order valence-electron chi connectivity index (χ1n) is 7.09. The lowest BCUT2D eigenvalue weighted by Crippen LogP contribution is -2.41. The van der Waals surface area contributed by atoms with Crippen LogP contribution in [0.3, 0.4) is 0 Å². The van der Waals surface area contributed by atoms with Crippen molar-refractivity contribution in [3.63, 3.8) is 0 Å². The highest BCUT2D eigenvalue weighted by Gasteiger charge is 2.23. The van der Waals surface area contributed by atoms with Crippen LogP contribution in [0.2, 0.25) is 0 Å². The number of carbonyl (C=O) groups is 2. The van der Waals surface area contributed by atoms with E-state index in [0.717, 1.165) is 0 Å². The van der Waals surface area contributed by atoms with Crippen molar-refractivity contribution in [3.05, 3.63) is 40.1 Å². The molecule has 0 spiro atoms. The molecule has 1 aromatic heterocycles. The minimum absolute atomic E-state index is 0.0873. The Labute approximate surface area is 131 Å². The van der Waals surface area contributed by atoms with E-state index < -0.39 is 22.8 Å². The number of nitro benzene ring substituents is 1. The van der Waals surface area contributed by atoms with Crippen molar-refractivity contribution in [3.8, 4) is 0 Å². The highest BCUT2D eigenvalue weighted by molar-refractivity contribution is 6.01. The molecule has 3 N–H and O–H groups in total. The van der Waals surface area contributed by atoms with Crippen LogP contribution in [0, 0.1) is 16.0 Å². The molecule has 8 heteroatoms. The zero-order valence-electron chi connectivity index (χ0n) is 12.7. The van der Waals surface area contributed by atoms with E-state index >= 15 is 0 Å². The molecule has 0 aliphatic carbocycles. The highest BCUT2D eigenvalue weighted by atomic mass is 16.6. The second kappa shape index (κ2) is 6.47. The number of nitrogens with zero attached hydrogens (tertiary/aromatic N) is 1. The molecule has 2 rings (SSSR count). The number of hydrogen-bond acceptors (Lipinski definition) is 4. The van der Waals surface area contributed by atoms with Crippen LogP contribution < -0.4 is 5.32 Å². The molecule has 8 nitrogen and oxygen atoms in total. The van der Waals surface area contributed by atoms with Gasteiger partial charge in [-0.1, -0.05) is 26.0 Å². The Morgan fingerprint density at radius 1 is 1.39 bits per heavy atom. The SMILES string of the molecule is CC(C)CC(NC(=O)c1cc2cccc([N+](=O)[O-])c2[nH]1)C(=O)O. The van der Waals surface area contributed by atoms with E-state index in [1.807, 2.05) is 13.8 Å². The smallest absolute Gasteiger partial charge is 0.326 e. The number of nitro groups is 1. The number of nitrogens with one attached hydrogen (secondary N) is 2. The van der Waals surface area contributed by atoms with E-state index in [1.165, 1.54) is 18.2 Å². The van der Waals surface area contributed by atoms with Gasteiger partial charge in [0, 0.05) is 11.5 Å². The number of rotatable bonds is 6. The van der Waals surface area contributed by atoms with E-state index in [1.54, 1.807) is 6.07 Å². The van der Waals surface area contributed by atoms with Crippen LogP contribution in [0.1, 0.15) is 30.8 Å². The summed E-state index contributed by atoms with van der Waals surface area (Å²) in [4.78, 5) is 36.6. The van der Waals surface area contributed by atoms with Crippen molar-refractivity contribution in [2.75, 3.05) is 0 Å². The van der Waals surface area contributed by atoms with Crippen LogP contribution in [0.15, 0.2) is 24.3 Å². The molecule has 0 aliphatic heterocycles. The van der Waals surface area contributed by atoms with Crippen LogP contribution in [0.4, 0.5) is 5.69 Å². The monoisotopic (exact) mass is 319 g/mol. The predicted molar refractivity (Wildman–Crippen MR) is 83.3 cm³/mol. The fraction of sp³-hybridized carbons (Fsp3) is 0.333. The van der Waals surface area contributed by atoms with Gasteiger partial charge in [0.25, 0.3) is 11.6 Å². The van der Waals surface area contributed by atoms with Crippen LogP contribution >= 0.6 is 0 Å². The minimum Gasteiger partial charge on any atom is -0.480 e. The number of para-hydroxylation sites is 1. The number of aromatic nitrogens is 1. The van der Waals surface area contributed by atoms with Crippen LogP contribution in [0.25, 0.3) is 10.9 Å². The molecule has 0 fully saturated rings. The summed E-state index contributed by atoms with van der Waals surface area (Å²) in [5.74, 6) is -1.63. The van der Waals surface area contributed by atoms with Crippen LogP contribution in [0.5, 0.6) is 0 Å². The maximum atomic E-state index is 12.2. The van der Waals surface area contributed by atoms with Crippen molar-refractivity contribution >= 4 is 28.5 Å². The first kappa shape index (κ1) is 16.5. The average Bonchev–Trinajstić information content (AvgIpc) is 2.89. The van der Waals surface area contributed by atoms with Crippen LogP contribution in [-0.2, 0) is 4.79 Å². The lowest BCUT2D eigenvalue weighted by molar-refractivity contribution is -0.383. The molecule has 1 unspecified atom stereocenters. The summed E-state index contributed by atoms with van der Waals surface area (Å²) in [6.07, 6.45) is 0.293. The first-order chi connectivity index (χ1) is 10.8. The summed E-state index contributed by atoms with van der Waals surface area (Å²) in [5.41, 5.74) is 0.182. The molecular weight excluding hydrogens is 302 g/mol. The standard InChI is InChI=1S/C15H17N3O5/c1-8(2)6-11(15(20)21)17-14(19)10-7-9-4-3-5-12(18(22)23)13(9)16-10/h3-5,7-8,11,16H,6H2,1-2H3,(H,17,19)(H,20,21). The number of aromatic amines is 1. The summed E-state index contributed by atoms with van der Waals surface area (Å²) >= 11 is 0. The Balaban J connectivity index is 2.29. The van der Waals surface area contributed by atoms with Gasteiger partial charge in [-0.2, -0.15) is 0 Å². The lowest BCUT2D eigenvalue weighted by Gasteiger charge is -2.15. The number of aliphatic carboxylic acids is 1. The largest absolute Gasteiger partial charge is 0.480 e. The Morgan fingerprint density at radius 3 is 2.65 bits per heavy atom. The number of carboxylic acid groups (broad SMARTS) is 1. The number of hydrogen-bond donors (Lipinski definition) is 3. The first-order valence-corrected chi connectivity index (χ1v) is 7.09. The normalized spacial score (nSPS) is 12.3. The number of H-pyrrole nitrogens is 1. The predicted octanol–water partition coefficient (Wildman–Crippen LogP) is 2.31. The number of carbonyl (C=O) groups excluding carboxylic acids is 1. The maximum absolute atomic E-state index is 12.2. The summed E-state index contributed by atoms with van der Waals surface area (Å²) in [6, 6.07) is 4.95. The molecule has 23 heavy (non-hydrogen) atoms. The van der Waals surface area contributed by atoms with Crippen molar-refractivity contribution in [1.82, 2.24) is 10.3 Å². The zero-order valence-corrected chi connectivity index (χ0v) is 12.7. The molecule has 0 aliphatic rings. The van der Waals surface area contributed by atoms with Crippen molar-refractivity contribution < 1.29 is 19.6 Å². The maximum Gasteiger partial charge on any atom is 0.326 e. The number of fused-ring (bicyclic) bond motifs is 1. The summed E-state index contributed by atoms with van der Waals surface area (Å²) in [6.45, 7) is 3.71. The van der Waals surface area contributed by atoms with Crippen molar-refractivity contribution in [2.45, 2.75) is 26.3 Å². The van der Waals surface area contributed by atoms with Gasteiger partial charge in [-0.25, -0.2) is 4.79 Å². The second-order valence-corrected chi connectivity index (χ2v) is 5.68. The van der Waals surface area contributed by atoms with E-state index in [0.29, 0.717) is 11.8 Å². The Morgan fingerprint density at radius 2 is 2.09 bits per heavy atom. The third-order valence-corrected chi connectivity index (χ3v) is 3.39. The van der Waals surface area contributed by atoms with Crippen molar-refractivity contribution in [2.24, 2.45) is 5.92 Å². The molecule has 122 valence electrons. The van der Waals surface area contributed by atoms with Gasteiger partial charge in [-0.15, -0.1) is 0 Å². The Hall–Kier alpha value is -2.90.